The Morgan fingerprint density at radius 3 is 1.03 bits per heavy atom. The molecular weight excluding hydrogens is 430 g/mol. The summed E-state index contributed by atoms with van der Waals surface area (Å²) in [6.45, 7) is 7.63. The molecule has 0 fully saturated rings. The Hall–Kier alpha value is -0.127. The van der Waals surface area contributed by atoms with Gasteiger partial charge in [0.15, 0.2) is 0 Å². The van der Waals surface area contributed by atoms with Crippen LogP contribution in [0.25, 0.3) is 0 Å². The van der Waals surface area contributed by atoms with Crippen LogP contribution in [0.15, 0.2) is 107 Å². The van der Waals surface area contributed by atoms with E-state index in [-0.39, 0.29) is 103 Å². The van der Waals surface area contributed by atoms with Crippen LogP contribution >= 0.6 is 0 Å². The largest absolute Gasteiger partial charge is 0.478 e. The molecule has 30 heavy (non-hydrogen) atoms. The van der Waals surface area contributed by atoms with Crippen LogP contribution in [0.2, 0.25) is 0 Å². The quantitative estimate of drug-likeness (QED) is 0.276. The third kappa shape index (κ3) is 24.1. The maximum Gasteiger partial charge on any atom is 0.328 e. The van der Waals surface area contributed by atoms with E-state index in [4.69, 9.17) is 10.2 Å². The van der Waals surface area contributed by atoms with Gasteiger partial charge in [0.1, 0.15) is 0 Å². The van der Waals surface area contributed by atoms with Gasteiger partial charge in [0.25, 0.3) is 0 Å². The van der Waals surface area contributed by atoms with Crippen LogP contribution in [0, 0.1) is 0 Å². The molecule has 0 heterocycles. The number of hydrogen-bond donors (Lipinski definition) is 2. The zero-order chi connectivity index (χ0) is 21.4. The minimum atomic E-state index is -0.961. The Balaban J connectivity index is -0.00000364. The van der Waals surface area contributed by atoms with Gasteiger partial charge in [-0.1, -0.05) is 95.2 Å². The molecule has 2 radical (unpaired) electrons. The van der Waals surface area contributed by atoms with Gasteiger partial charge in [0, 0.05) is 115 Å². The van der Waals surface area contributed by atoms with Crippen molar-refractivity contribution < 1.29 is 19.8 Å². The van der Waals surface area contributed by atoms with Crippen LogP contribution < -0.4 is 0 Å². The van der Waals surface area contributed by atoms with Gasteiger partial charge in [-0.25, -0.2) is 9.59 Å². The summed E-state index contributed by atoms with van der Waals surface area (Å²) < 4.78 is 0. The van der Waals surface area contributed by atoms with Gasteiger partial charge in [-0.3, -0.25) is 0 Å². The van der Waals surface area contributed by atoms with Crippen molar-refractivity contribution in [1.82, 2.24) is 0 Å². The minimum absolute atomic E-state index is 0. The standard InChI is InChI=1S/C24H28O4.2K/c1-19(11-7-13-21(3)15-17-23(25)26)9-5-6-10-20(2)12-8-14-22(4)16-18-24(27)28;;/h5-18H,1-4H3,(H,25,26)(H,27,28);;/b6-5+,11-7+,12-8+,17-15+,18-16+,19-9+,20-10+,21-13+,22-14+;;. The van der Waals surface area contributed by atoms with E-state index >= 15 is 0 Å². The van der Waals surface area contributed by atoms with Crippen molar-refractivity contribution in [2.45, 2.75) is 27.7 Å². The van der Waals surface area contributed by atoms with Crippen LogP contribution in [0.5, 0.6) is 0 Å². The first-order valence-electron chi connectivity index (χ1n) is 8.74. The van der Waals surface area contributed by atoms with Crippen LogP contribution in [0.1, 0.15) is 27.7 Å². The normalized spacial score (nSPS) is 14.1. The Kier molecular flexibility index (Phi) is 25.4. The molecule has 0 aromatic heterocycles. The molecule has 0 saturated heterocycles. The van der Waals surface area contributed by atoms with E-state index in [0.29, 0.717) is 0 Å². The van der Waals surface area contributed by atoms with Crippen molar-refractivity contribution in [1.29, 1.82) is 0 Å². The average molecular weight is 459 g/mol. The van der Waals surface area contributed by atoms with Crippen molar-refractivity contribution in [3.63, 3.8) is 0 Å². The smallest absolute Gasteiger partial charge is 0.328 e. The predicted octanol–water partition coefficient (Wildman–Crippen LogP) is 4.96. The van der Waals surface area contributed by atoms with Gasteiger partial charge in [-0.05, 0) is 27.7 Å². The summed E-state index contributed by atoms with van der Waals surface area (Å²) in [5, 5.41) is 17.1. The van der Waals surface area contributed by atoms with Crippen LogP contribution in [-0.2, 0) is 9.59 Å². The Morgan fingerprint density at radius 2 is 0.733 bits per heavy atom. The molecule has 4 nitrogen and oxygen atoms in total. The number of hydrogen-bond acceptors (Lipinski definition) is 2. The predicted molar refractivity (Wildman–Crippen MR) is 128 cm³/mol. The minimum Gasteiger partial charge on any atom is -0.478 e. The number of carbonyl (C=O) groups is 2. The van der Waals surface area contributed by atoms with E-state index in [1.807, 2.05) is 88.5 Å². The number of aliphatic carboxylic acids is 2. The summed E-state index contributed by atoms with van der Waals surface area (Å²) in [6.07, 6.45) is 24.5. The Bertz CT molecular complexity index is 750. The van der Waals surface area contributed by atoms with Crippen molar-refractivity contribution >= 4 is 115 Å². The van der Waals surface area contributed by atoms with Crippen LogP contribution in [0.4, 0.5) is 0 Å². The molecule has 6 heteroatoms. The first kappa shape index (κ1) is 34.5. The van der Waals surface area contributed by atoms with E-state index in [2.05, 4.69) is 0 Å². The molecule has 0 saturated carbocycles. The zero-order valence-corrected chi connectivity index (χ0v) is 25.0. The second-order valence-electron chi connectivity index (χ2n) is 6.09. The zero-order valence-electron chi connectivity index (χ0n) is 18.8. The molecule has 0 aliphatic carbocycles. The fourth-order valence-corrected chi connectivity index (χ4v) is 1.75. The van der Waals surface area contributed by atoms with E-state index in [1.165, 1.54) is 0 Å². The van der Waals surface area contributed by atoms with Gasteiger partial charge < -0.3 is 10.2 Å². The molecular formula is C24H28K2O4. The van der Waals surface area contributed by atoms with Crippen LogP contribution in [-0.4, -0.2) is 125 Å². The van der Waals surface area contributed by atoms with Gasteiger partial charge in [0.05, 0.1) is 0 Å². The Morgan fingerprint density at radius 1 is 0.467 bits per heavy atom. The van der Waals surface area contributed by atoms with E-state index in [0.717, 1.165) is 34.4 Å². The third-order valence-electron chi connectivity index (χ3n) is 3.24. The average Bonchev–Trinajstić information content (AvgIpc) is 2.61. The van der Waals surface area contributed by atoms with Gasteiger partial charge >= 0.3 is 11.9 Å². The van der Waals surface area contributed by atoms with Gasteiger partial charge in [0.2, 0.25) is 0 Å². The molecule has 0 atom stereocenters. The molecule has 150 valence electrons. The van der Waals surface area contributed by atoms with Crippen molar-refractivity contribution in [2.24, 2.45) is 0 Å². The number of carboxylic acid groups (broad SMARTS) is 2. The van der Waals surface area contributed by atoms with E-state index in [1.54, 1.807) is 12.2 Å². The second-order valence-corrected chi connectivity index (χ2v) is 6.09. The first-order chi connectivity index (χ1) is 13.2. The van der Waals surface area contributed by atoms with Crippen molar-refractivity contribution in [2.75, 3.05) is 0 Å². The van der Waals surface area contributed by atoms with Crippen LogP contribution in [0.3, 0.4) is 0 Å². The van der Waals surface area contributed by atoms with Crippen molar-refractivity contribution in [3.8, 4) is 0 Å². The second kappa shape index (κ2) is 22.1. The maximum absolute atomic E-state index is 10.4. The summed E-state index contributed by atoms with van der Waals surface area (Å²) in [7, 11) is 0. The van der Waals surface area contributed by atoms with E-state index < -0.39 is 11.9 Å². The van der Waals surface area contributed by atoms with Gasteiger partial charge in [-0.15, -0.1) is 0 Å². The summed E-state index contributed by atoms with van der Waals surface area (Å²) >= 11 is 0. The molecule has 0 bridgehead atoms. The SMILES string of the molecule is CC(/C=C/C=C(C)/C=C/C(=O)O)=C\C=C\C=C(C)\C=C\C=C(C)\C=C\C(=O)O.[K].[K]. The fraction of sp³-hybridized carbons (Fsp3) is 0.167. The third-order valence-corrected chi connectivity index (χ3v) is 3.24. The summed E-state index contributed by atoms with van der Waals surface area (Å²) in [4.78, 5) is 20.9. The first-order valence-corrected chi connectivity index (χ1v) is 8.74. The summed E-state index contributed by atoms with van der Waals surface area (Å²) in [5.74, 6) is -1.92. The molecule has 0 rings (SSSR count). The molecule has 0 aliphatic heterocycles. The molecule has 0 amide bonds. The number of rotatable bonds is 10. The van der Waals surface area contributed by atoms with E-state index in [9.17, 15) is 9.59 Å². The summed E-state index contributed by atoms with van der Waals surface area (Å²) in [6, 6.07) is 0. The number of allylic oxidation sites excluding steroid dienone is 16. The van der Waals surface area contributed by atoms with Gasteiger partial charge in [-0.2, -0.15) is 0 Å². The molecule has 0 aliphatic rings. The Labute approximate surface area is 265 Å². The molecule has 0 aromatic rings. The maximum atomic E-state index is 10.4. The molecule has 2 N–H and O–H groups in total. The molecule has 0 spiro atoms. The summed E-state index contributed by atoms with van der Waals surface area (Å²) in [5.41, 5.74) is 3.84. The van der Waals surface area contributed by atoms with Crippen molar-refractivity contribution in [3.05, 3.63) is 107 Å². The molecule has 0 unspecified atom stereocenters. The fourth-order valence-electron chi connectivity index (χ4n) is 1.75. The topological polar surface area (TPSA) is 74.6 Å². The monoisotopic (exact) mass is 458 g/mol. The molecule has 0 aromatic carbocycles. The number of carboxylic acids is 2.